The molecule has 76 heavy (non-hydrogen) atoms. The van der Waals surface area contributed by atoms with E-state index in [1.807, 2.05) is 85.8 Å². The molecule has 1 aromatic heterocycles. The maximum atomic E-state index is 13.4. The number of fused-ring (bicyclic) bond motifs is 1. The molecule has 0 radical (unpaired) electrons. The van der Waals surface area contributed by atoms with Crippen LogP contribution in [0.2, 0.25) is 15.1 Å². The average molecular weight is 1090 g/mol. The molecule has 0 bridgehead atoms. The number of nitrogens with one attached hydrogen (secondary N) is 2. The zero-order valence-electron chi connectivity index (χ0n) is 44.4. The van der Waals surface area contributed by atoms with E-state index in [0.717, 1.165) is 116 Å². The molecule has 13 nitrogen and oxygen atoms in total. The normalized spacial score (nSPS) is 13.3. The van der Waals surface area contributed by atoms with Crippen LogP contribution in [-0.2, 0) is 29.0 Å². The van der Waals surface area contributed by atoms with Crippen molar-refractivity contribution in [2.75, 3.05) is 61.1 Å². The molecule has 2 amide bonds. The Morgan fingerprint density at radius 3 is 2.07 bits per heavy atom. The Morgan fingerprint density at radius 1 is 0.697 bits per heavy atom. The quantitative estimate of drug-likeness (QED) is 0.0278. The summed E-state index contributed by atoms with van der Waals surface area (Å²) in [6.07, 6.45) is 10.7. The zero-order chi connectivity index (χ0) is 54.0. The molecule has 0 saturated heterocycles. The Bertz CT molecular complexity index is 2880. The van der Waals surface area contributed by atoms with Crippen LogP contribution >= 0.6 is 34.8 Å². The third-order valence-electron chi connectivity index (χ3n) is 13.9. The van der Waals surface area contributed by atoms with Crippen LogP contribution in [0.5, 0.6) is 23.0 Å². The number of benzene rings is 5. The van der Waals surface area contributed by atoms with Crippen molar-refractivity contribution in [2.45, 2.75) is 96.6 Å². The van der Waals surface area contributed by atoms with Crippen molar-refractivity contribution < 1.29 is 33.3 Å². The van der Waals surface area contributed by atoms with Crippen molar-refractivity contribution in [1.29, 1.82) is 0 Å². The van der Waals surface area contributed by atoms with Gasteiger partial charge in [-0.05, 0) is 142 Å². The summed E-state index contributed by atoms with van der Waals surface area (Å²) >= 11 is 19.0. The summed E-state index contributed by atoms with van der Waals surface area (Å²) in [6, 6.07) is 32.1. The predicted molar refractivity (Wildman–Crippen MR) is 303 cm³/mol. The molecular weight excluding hydrogens is 1020 g/mol. The summed E-state index contributed by atoms with van der Waals surface area (Å²) in [5.41, 5.74) is 7.58. The fraction of sp³-hybridized carbons (Fsp3) is 0.400. The van der Waals surface area contributed by atoms with Crippen molar-refractivity contribution in [3.8, 4) is 39.9 Å². The van der Waals surface area contributed by atoms with Gasteiger partial charge >= 0.3 is 5.97 Å². The Kier molecular flexibility index (Phi) is 21.9. The van der Waals surface area contributed by atoms with Gasteiger partial charge < -0.3 is 34.5 Å². The van der Waals surface area contributed by atoms with Gasteiger partial charge in [0.05, 0.1) is 44.3 Å². The second kappa shape index (κ2) is 28.9. The third kappa shape index (κ3) is 16.0. The number of esters is 1. The van der Waals surface area contributed by atoms with E-state index in [9.17, 15) is 14.4 Å². The van der Waals surface area contributed by atoms with E-state index >= 15 is 0 Å². The Hall–Kier alpha value is -6.09. The summed E-state index contributed by atoms with van der Waals surface area (Å²) in [6.45, 7) is 5.88. The van der Waals surface area contributed by atoms with Crippen LogP contribution in [0, 0.1) is 6.92 Å². The molecule has 1 aliphatic heterocycles. The number of methoxy groups -OCH3 is 3. The van der Waals surface area contributed by atoms with Crippen molar-refractivity contribution in [2.24, 2.45) is 0 Å². The molecule has 1 unspecified atom stereocenters. The van der Waals surface area contributed by atoms with E-state index in [2.05, 4.69) is 27.5 Å². The van der Waals surface area contributed by atoms with Gasteiger partial charge in [0.1, 0.15) is 0 Å². The van der Waals surface area contributed by atoms with E-state index < -0.39 is 0 Å². The van der Waals surface area contributed by atoms with Crippen LogP contribution in [0.4, 0.5) is 0 Å². The standard InChI is InChI=1S/C60H71Cl3N6O7/c1-41-58(66-69(50-27-26-47(62)37-49(50)63)59(41)44-22-24-46(61)25-23-44)60(72)64-30-15-8-6-9-16-31-67(2)32-17-10-7-14-20-57(71)76-52-28-21-43(35-53(52)73-3)34-51-48-38-55(75-5)54(74-4)36-45(48)29-33-68(51)40-56(70)65-39-42-18-12-11-13-19-42/h11-13,18-19,21-28,35-38,51H,6-10,14-17,20,29-34,39-40H2,1-5H3,(H,64,72)(H,65,70). The highest BCUT2D eigenvalue weighted by Gasteiger charge is 2.31. The molecule has 1 atom stereocenters. The molecular formula is C60H71Cl3N6O7. The van der Waals surface area contributed by atoms with E-state index in [1.165, 1.54) is 0 Å². The van der Waals surface area contributed by atoms with Crippen LogP contribution in [0.25, 0.3) is 16.9 Å². The Balaban J connectivity index is 0.787. The van der Waals surface area contributed by atoms with Gasteiger partial charge in [-0.15, -0.1) is 0 Å². The topological polar surface area (TPSA) is 136 Å². The van der Waals surface area contributed by atoms with Gasteiger partial charge in [-0.3, -0.25) is 19.3 Å². The van der Waals surface area contributed by atoms with E-state index in [4.69, 9.17) is 58.8 Å². The lowest BCUT2D eigenvalue weighted by Crippen LogP contribution is -2.43. The summed E-state index contributed by atoms with van der Waals surface area (Å²) in [4.78, 5) is 44.4. The van der Waals surface area contributed by atoms with Gasteiger partial charge in [0, 0.05) is 53.3 Å². The highest BCUT2D eigenvalue weighted by atomic mass is 35.5. The first-order valence-corrected chi connectivity index (χ1v) is 27.4. The maximum Gasteiger partial charge on any atom is 0.311 e. The average Bonchev–Trinajstić information content (AvgIpc) is 3.76. The number of hydrogen-bond acceptors (Lipinski definition) is 10. The van der Waals surface area contributed by atoms with Gasteiger partial charge in [-0.2, -0.15) is 5.10 Å². The molecule has 16 heteroatoms. The summed E-state index contributed by atoms with van der Waals surface area (Å²) in [7, 11) is 7.01. The van der Waals surface area contributed by atoms with E-state index in [1.54, 1.807) is 50.3 Å². The molecule has 0 fully saturated rings. The Labute approximate surface area is 463 Å². The van der Waals surface area contributed by atoms with Crippen LogP contribution in [-0.4, -0.2) is 98.5 Å². The first-order valence-electron chi connectivity index (χ1n) is 26.3. The Morgan fingerprint density at radius 2 is 1.36 bits per heavy atom. The number of carbonyl (C=O) groups excluding carboxylic acids is 3. The summed E-state index contributed by atoms with van der Waals surface area (Å²) in [5, 5.41) is 12.4. The van der Waals surface area contributed by atoms with Crippen LogP contribution < -0.4 is 29.6 Å². The van der Waals surface area contributed by atoms with Crippen molar-refractivity contribution in [3.05, 3.63) is 152 Å². The number of hydrogen-bond donors (Lipinski definition) is 2. The number of aromatic nitrogens is 2. The first kappa shape index (κ1) is 57.6. The number of carbonyl (C=O) groups is 3. The number of halogens is 3. The molecule has 5 aromatic carbocycles. The minimum Gasteiger partial charge on any atom is -0.493 e. The minimum absolute atomic E-state index is 0.0475. The predicted octanol–water partition coefficient (Wildman–Crippen LogP) is 12.5. The lowest BCUT2D eigenvalue weighted by atomic mass is 9.88. The SMILES string of the molecule is COc1cc2c(cc1OC)C(Cc1ccc(OC(=O)CCCCCCN(C)CCCCCCCNC(=O)c3nn(-c4ccc(Cl)cc4Cl)c(-c4ccc(Cl)cc4)c3C)c(OC)c1)N(CC(=O)NCc1ccccc1)CC2. The molecule has 2 N–H and O–H groups in total. The molecule has 2 heterocycles. The second-order valence-electron chi connectivity index (χ2n) is 19.4. The van der Waals surface area contributed by atoms with Gasteiger partial charge in [-0.1, -0.05) is 115 Å². The molecule has 6 aromatic rings. The third-order valence-corrected chi connectivity index (χ3v) is 14.7. The summed E-state index contributed by atoms with van der Waals surface area (Å²) < 4.78 is 24.6. The lowest BCUT2D eigenvalue weighted by molar-refractivity contribution is -0.134. The number of ether oxygens (including phenoxy) is 4. The van der Waals surface area contributed by atoms with E-state index in [-0.39, 0.29) is 30.4 Å². The molecule has 7 rings (SSSR count). The molecule has 0 saturated carbocycles. The number of rotatable bonds is 28. The van der Waals surface area contributed by atoms with Gasteiger partial charge in [0.2, 0.25) is 5.91 Å². The van der Waals surface area contributed by atoms with Crippen molar-refractivity contribution >= 4 is 52.6 Å². The molecule has 404 valence electrons. The van der Waals surface area contributed by atoms with Crippen LogP contribution in [0.15, 0.2) is 103 Å². The highest BCUT2D eigenvalue weighted by molar-refractivity contribution is 6.35. The van der Waals surface area contributed by atoms with E-state index in [0.29, 0.717) is 81.9 Å². The zero-order valence-corrected chi connectivity index (χ0v) is 46.7. The monoisotopic (exact) mass is 1090 g/mol. The van der Waals surface area contributed by atoms with Gasteiger partial charge in [0.15, 0.2) is 28.7 Å². The van der Waals surface area contributed by atoms with Gasteiger partial charge in [0.25, 0.3) is 5.91 Å². The maximum absolute atomic E-state index is 13.4. The number of amides is 2. The largest absolute Gasteiger partial charge is 0.493 e. The highest BCUT2D eigenvalue weighted by Crippen LogP contribution is 2.41. The van der Waals surface area contributed by atoms with Crippen molar-refractivity contribution in [1.82, 2.24) is 30.2 Å². The number of nitrogens with zero attached hydrogens (tertiary/aromatic N) is 4. The summed E-state index contributed by atoms with van der Waals surface area (Å²) in [5.74, 6) is 1.62. The second-order valence-corrected chi connectivity index (χ2v) is 20.7. The first-order chi connectivity index (χ1) is 36.8. The van der Waals surface area contributed by atoms with Crippen LogP contribution in [0.3, 0.4) is 0 Å². The fourth-order valence-corrected chi connectivity index (χ4v) is 10.4. The number of unbranched alkanes of at least 4 members (excludes halogenated alkanes) is 7. The van der Waals surface area contributed by atoms with Gasteiger partial charge in [-0.25, -0.2) is 4.68 Å². The molecule has 0 aliphatic carbocycles. The van der Waals surface area contributed by atoms with Crippen LogP contribution in [0.1, 0.15) is 109 Å². The molecule has 0 spiro atoms. The minimum atomic E-state index is -0.285. The smallest absolute Gasteiger partial charge is 0.311 e. The lowest BCUT2D eigenvalue weighted by Gasteiger charge is -2.37. The fourth-order valence-electron chi connectivity index (χ4n) is 9.79. The van der Waals surface area contributed by atoms with Crippen molar-refractivity contribution in [3.63, 3.8) is 0 Å². The molecule has 1 aliphatic rings.